The van der Waals surface area contributed by atoms with E-state index in [1.807, 2.05) is 0 Å². The zero-order valence-electron chi connectivity index (χ0n) is 13.9. The Bertz CT molecular complexity index is 1080. The van der Waals surface area contributed by atoms with E-state index >= 15 is 0 Å². The smallest absolute Gasteiger partial charge is 0.259 e. The second kappa shape index (κ2) is 7.39. The molecule has 1 amide bonds. The standard InChI is InChI=1S/C16H15BrN4O3S2/c1-3-21(2)26(23,24)12-4-5-13-14(7-12)25-16(19-13)20-15(22)10-6-11(17)9-18-8-10/h4-9H,3H2,1-2H3,(H,19,20,22). The van der Waals surface area contributed by atoms with Gasteiger partial charge in [0, 0.05) is 30.5 Å². The van der Waals surface area contributed by atoms with Crippen molar-refractivity contribution in [1.82, 2.24) is 14.3 Å². The number of fused-ring (bicyclic) bond motifs is 1. The molecule has 0 saturated heterocycles. The van der Waals surface area contributed by atoms with Crippen LogP contribution in [0.2, 0.25) is 0 Å². The first-order valence-electron chi connectivity index (χ1n) is 7.60. The molecule has 7 nitrogen and oxygen atoms in total. The predicted octanol–water partition coefficient (Wildman–Crippen LogP) is 3.35. The van der Waals surface area contributed by atoms with Gasteiger partial charge in [0.05, 0.1) is 20.7 Å². The van der Waals surface area contributed by atoms with Gasteiger partial charge in [-0.25, -0.2) is 17.7 Å². The van der Waals surface area contributed by atoms with Gasteiger partial charge >= 0.3 is 0 Å². The lowest BCUT2D eigenvalue weighted by Crippen LogP contribution is -2.26. The SMILES string of the molecule is CCN(C)S(=O)(=O)c1ccc2nc(NC(=O)c3cncc(Br)c3)sc2c1. The number of pyridine rings is 1. The van der Waals surface area contributed by atoms with Gasteiger partial charge in [-0.3, -0.25) is 15.1 Å². The predicted molar refractivity (Wildman–Crippen MR) is 105 cm³/mol. The van der Waals surface area contributed by atoms with Gasteiger partial charge in [-0.2, -0.15) is 0 Å². The molecule has 3 rings (SSSR count). The number of halogens is 1. The largest absolute Gasteiger partial charge is 0.298 e. The van der Waals surface area contributed by atoms with E-state index in [0.717, 1.165) is 0 Å². The molecule has 26 heavy (non-hydrogen) atoms. The number of benzene rings is 1. The highest BCUT2D eigenvalue weighted by Gasteiger charge is 2.20. The van der Waals surface area contributed by atoms with Crippen molar-refractivity contribution in [2.45, 2.75) is 11.8 Å². The molecule has 2 heterocycles. The van der Waals surface area contributed by atoms with Crippen LogP contribution in [-0.2, 0) is 10.0 Å². The fourth-order valence-electron chi connectivity index (χ4n) is 2.17. The number of amides is 1. The Morgan fingerprint density at radius 1 is 1.31 bits per heavy atom. The Morgan fingerprint density at radius 2 is 2.08 bits per heavy atom. The fourth-order valence-corrected chi connectivity index (χ4v) is 4.72. The number of carbonyl (C=O) groups excluding carboxylic acids is 1. The molecule has 0 aliphatic carbocycles. The summed E-state index contributed by atoms with van der Waals surface area (Å²) in [6.07, 6.45) is 3.04. The summed E-state index contributed by atoms with van der Waals surface area (Å²) in [5, 5.41) is 3.11. The Balaban J connectivity index is 1.89. The van der Waals surface area contributed by atoms with E-state index < -0.39 is 10.0 Å². The van der Waals surface area contributed by atoms with Gasteiger partial charge in [0.2, 0.25) is 10.0 Å². The summed E-state index contributed by atoms with van der Waals surface area (Å²) in [5.41, 5.74) is 1.02. The van der Waals surface area contributed by atoms with E-state index in [4.69, 9.17) is 0 Å². The molecule has 0 bridgehead atoms. The van der Waals surface area contributed by atoms with Crippen LogP contribution in [0.4, 0.5) is 5.13 Å². The van der Waals surface area contributed by atoms with Crippen molar-refractivity contribution in [2.24, 2.45) is 0 Å². The van der Waals surface area contributed by atoms with Gasteiger partial charge in [-0.1, -0.05) is 18.3 Å². The first-order valence-corrected chi connectivity index (χ1v) is 10.6. The second-order valence-corrected chi connectivity index (χ2v) is 9.40. The normalized spacial score (nSPS) is 11.8. The molecule has 0 unspecified atom stereocenters. The first-order chi connectivity index (χ1) is 12.3. The average Bonchev–Trinajstić information content (AvgIpc) is 3.02. The summed E-state index contributed by atoms with van der Waals surface area (Å²) in [4.78, 5) is 20.8. The molecule has 3 aromatic rings. The minimum absolute atomic E-state index is 0.201. The van der Waals surface area contributed by atoms with E-state index in [9.17, 15) is 13.2 Å². The zero-order valence-corrected chi connectivity index (χ0v) is 17.2. The van der Waals surface area contributed by atoms with Crippen LogP contribution in [-0.4, -0.2) is 42.2 Å². The number of thiazole rings is 1. The molecule has 136 valence electrons. The zero-order chi connectivity index (χ0) is 18.9. The quantitative estimate of drug-likeness (QED) is 0.637. The Morgan fingerprint density at radius 3 is 2.77 bits per heavy atom. The summed E-state index contributed by atoms with van der Waals surface area (Å²) in [5.74, 6) is -0.337. The molecule has 1 aromatic carbocycles. The number of nitrogens with zero attached hydrogens (tertiary/aromatic N) is 3. The molecule has 0 saturated carbocycles. The highest BCUT2D eigenvalue weighted by atomic mass is 79.9. The Hall–Kier alpha value is -1.88. The maximum absolute atomic E-state index is 12.4. The number of sulfonamides is 1. The molecule has 2 aromatic heterocycles. The summed E-state index contributed by atoms with van der Waals surface area (Å²) in [7, 11) is -2.00. The molecule has 0 aliphatic heterocycles. The van der Waals surface area contributed by atoms with Gasteiger partial charge < -0.3 is 0 Å². The number of hydrogen-bond donors (Lipinski definition) is 1. The first kappa shape index (κ1) is 18.9. The minimum atomic E-state index is -3.53. The Labute approximate surface area is 163 Å². The lowest BCUT2D eigenvalue weighted by molar-refractivity contribution is 0.102. The fraction of sp³-hybridized carbons (Fsp3) is 0.188. The van der Waals surface area contributed by atoms with Crippen LogP contribution in [0.25, 0.3) is 10.2 Å². The monoisotopic (exact) mass is 454 g/mol. The number of rotatable bonds is 5. The van der Waals surface area contributed by atoms with Gasteiger partial charge in [-0.05, 0) is 40.2 Å². The number of nitrogens with one attached hydrogen (secondary N) is 1. The van der Waals surface area contributed by atoms with Gasteiger partial charge in [0.25, 0.3) is 5.91 Å². The average molecular weight is 455 g/mol. The van der Waals surface area contributed by atoms with Crippen LogP contribution in [0, 0.1) is 0 Å². The Kier molecular flexibility index (Phi) is 5.37. The van der Waals surface area contributed by atoms with Gasteiger partial charge in [0.1, 0.15) is 0 Å². The highest BCUT2D eigenvalue weighted by molar-refractivity contribution is 9.10. The van der Waals surface area contributed by atoms with Crippen LogP contribution in [0.3, 0.4) is 0 Å². The summed E-state index contributed by atoms with van der Waals surface area (Å²) >= 11 is 4.49. The molecule has 10 heteroatoms. The van der Waals surface area contributed by atoms with E-state index in [-0.39, 0.29) is 10.8 Å². The molecule has 0 fully saturated rings. The molecule has 0 atom stereocenters. The van der Waals surface area contributed by atoms with Crippen molar-refractivity contribution in [3.05, 3.63) is 46.7 Å². The number of hydrogen-bond acceptors (Lipinski definition) is 6. The van der Waals surface area contributed by atoms with E-state index in [0.29, 0.717) is 31.9 Å². The number of aromatic nitrogens is 2. The summed E-state index contributed by atoms with van der Waals surface area (Å²) in [6, 6.07) is 6.39. The second-order valence-electron chi connectivity index (χ2n) is 5.41. The van der Waals surface area contributed by atoms with Gasteiger partial charge in [-0.15, -0.1) is 0 Å². The maximum atomic E-state index is 12.4. The molecule has 0 aliphatic rings. The van der Waals surface area contributed by atoms with Gasteiger partial charge in [0.15, 0.2) is 5.13 Å². The van der Waals surface area contributed by atoms with Crippen LogP contribution >= 0.6 is 27.3 Å². The molecular formula is C16H15BrN4O3S2. The molecule has 0 radical (unpaired) electrons. The highest BCUT2D eigenvalue weighted by Crippen LogP contribution is 2.29. The molecular weight excluding hydrogens is 440 g/mol. The summed E-state index contributed by atoms with van der Waals surface area (Å²) in [6.45, 7) is 2.15. The topological polar surface area (TPSA) is 92.3 Å². The third-order valence-corrected chi connectivity index (χ3v) is 7.00. The van der Waals surface area contributed by atoms with E-state index in [1.54, 1.807) is 31.3 Å². The van der Waals surface area contributed by atoms with Crippen molar-refractivity contribution < 1.29 is 13.2 Å². The van der Waals surface area contributed by atoms with Crippen molar-refractivity contribution in [3.8, 4) is 0 Å². The van der Waals surface area contributed by atoms with Crippen LogP contribution < -0.4 is 5.32 Å². The number of anilines is 1. The van der Waals surface area contributed by atoms with E-state index in [2.05, 4.69) is 31.2 Å². The van der Waals surface area contributed by atoms with Crippen molar-refractivity contribution in [1.29, 1.82) is 0 Å². The maximum Gasteiger partial charge on any atom is 0.259 e. The van der Waals surface area contributed by atoms with Crippen molar-refractivity contribution in [2.75, 3.05) is 18.9 Å². The minimum Gasteiger partial charge on any atom is -0.298 e. The van der Waals surface area contributed by atoms with Crippen molar-refractivity contribution >= 4 is 58.5 Å². The lowest BCUT2D eigenvalue weighted by Gasteiger charge is -2.14. The third-order valence-electron chi connectivity index (χ3n) is 3.70. The van der Waals surface area contributed by atoms with Crippen LogP contribution in [0.1, 0.15) is 17.3 Å². The molecule has 0 spiro atoms. The van der Waals surface area contributed by atoms with Crippen LogP contribution in [0.15, 0.2) is 46.0 Å². The molecule has 1 N–H and O–H groups in total. The lowest BCUT2D eigenvalue weighted by atomic mass is 10.3. The number of carbonyl (C=O) groups is 1. The summed E-state index contributed by atoms with van der Waals surface area (Å²) < 4.78 is 27.5. The van der Waals surface area contributed by atoms with E-state index in [1.165, 1.54) is 35.0 Å². The van der Waals surface area contributed by atoms with Crippen molar-refractivity contribution in [3.63, 3.8) is 0 Å². The third kappa shape index (κ3) is 3.78. The van der Waals surface area contributed by atoms with Crippen LogP contribution in [0.5, 0.6) is 0 Å².